The van der Waals surface area contributed by atoms with E-state index in [1.165, 1.54) is 0 Å². The van der Waals surface area contributed by atoms with Gasteiger partial charge in [0.25, 0.3) is 11.8 Å². The number of rotatable bonds is 2. The molecular formula is C20H19ClN4O2. The van der Waals surface area contributed by atoms with E-state index in [4.69, 9.17) is 11.6 Å². The molecule has 6 nitrogen and oxygen atoms in total. The molecule has 2 amide bonds. The molecule has 4 rings (SSSR count). The fourth-order valence-corrected chi connectivity index (χ4v) is 3.59. The summed E-state index contributed by atoms with van der Waals surface area (Å²) in [6, 6.07) is 14.5. The van der Waals surface area contributed by atoms with Gasteiger partial charge in [-0.15, -0.1) is 0 Å². The van der Waals surface area contributed by atoms with Crippen LogP contribution in [0.2, 0.25) is 5.02 Å². The Morgan fingerprint density at radius 1 is 0.926 bits per heavy atom. The summed E-state index contributed by atoms with van der Waals surface area (Å²) in [6.45, 7) is 2.17. The monoisotopic (exact) mass is 382 g/mol. The maximum absolute atomic E-state index is 12.9. The normalized spacial score (nSPS) is 15.0. The lowest BCUT2D eigenvalue weighted by Gasteiger charge is -2.22. The molecule has 138 valence electrons. The van der Waals surface area contributed by atoms with Crippen molar-refractivity contribution >= 4 is 34.3 Å². The van der Waals surface area contributed by atoms with Crippen molar-refractivity contribution in [3.8, 4) is 0 Å². The van der Waals surface area contributed by atoms with Crippen molar-refractivity contribution in [2.45, 2.75) is 6.42 Å². The van der Waals surface area contributed by atoms with Crippen LogP contribution in [0.4, 0.5) is 0 Å². The van der Waals surface area contributed by atoms with E-state index in [1.807, 2.05) is 24.3 Å². The summed E-state index contributed by atoms with van der Waals surface area (Å²) < 4.78 is 0. The number of hydrogen-bond donors (Lipinski definition) is 1. The molecule has 0 aliphatic carbocycles. The van der Waals surface area contributed by atoms with E-state index >= 15 is 0 Å². The molecule has 0 unspecified atom stereocenters. The highest BCUT2D eigenvalue weighted by molar-refractivity contribution is 6.30. The Morgan fingerprint density at radius 2 is 1.67 bits per heavy atom. The van der Waals surface area contributed by atoms with Crippen molar-refractivity contribution in [3.63, 3.8) is 0 Å². The fourth-order valence-electron chi connectivity index (χ4n) is 3.40. The zero-order valence-corrected chi connectivity index (χ0v) is 15.4. The molecular weight excluding hydrogens is 364 g/mol. The number of fused-ring (bicyclic) bond motifs is 1. The van der Waals surface area contributed by atoms with Crippen LogP contribution in [-0.4, -0.2) is 58.0 Å². The first-order valence-electron chi connectivity index (χ1n) is 8.91. The lowest BCUT2D eigenvalue weighted by Crippen LogP contribution is -2.37. The summed E-state index contributed by atoms with van der Waals surface area (Å²) in [5.41, 5.74) is 1.84. The molecule has 3 aromatic rings. The molecule has 1 N–H and O–H groups in total. The van der Waals surface area contributed by atoms with Gasteiger partial charge in [-0.3, -0.25) is 14.7 Å². The second-order valence-electron chi connectivity index (χ2n) is 6.57. The first-order chi connectivity index (χ1) is 13.1. The van der Waals surface area contributed by atoms with E-state index < -0.39 is 0 Å². The Morgan fingerprint density at radius 3 is 2.44 bits per heavy atom. The van der Waals surface area contributed by atoms with Gasteiger partial charge in [0.1, 0.15) is 0 Å². The van der Waals surface area contributed by atoms with E-state index in [0.717, 1.165) is 17.3 Å². The highest BCUT2D eigenvalue weighted by Gasteiger charge is 2.25. The summed E-state index contributed by atoms with van der Waals surface area (Å²) in [7, 11) is 0. The number of nitrogens with zero attached hydrogens (tertiary/aromatic N) is 3. The first-order valence-corrected chi connectivity index (χ1v) is 9.28. The Balaban J connectivity index is 1.48. The molecule has 1 aliphatic heterocycles. The third-order valence-electron chi connectivity index (χ3n) is 4.81. The molecule has 27 heavy (non-hydrogen) atoms. The van der Waals surface area contributed by atoms with Crippen LogP contribution < -0.4 is 0 Å². The van der Waals surface area contributed by atoms with Crippen LogP contribution in [0, 0.1) is 0 Å². The van der Waals surface area contributed by atoms with Gasteiger partial charge in [0.2, 0.25) is 0 Å². The average Bonchev–Trinajstić information content (AvgIpc) is 2.96. The number of H-pyrrole nitrogens is 1. The van der Waals surface area contributed by atoms with Crippen molar-refractivity contribution < 1.29 is 9.59 Å². The molecule has 0 spiro atoms. The number of carbonyl (C=O) groups excluding carboxylic acids is 2. The maximum Gasteiger partial charge on any atom is 0.275 e. The van der Waals surface area contributed by atoms with Gasteiger partial charge < -0.3 is 9.80 Å². The van der Waals surface area contributed by atoms with Crippen LogP contribution in [0.3, 0.4) is 0 Å². The van der Waals surface area contributed by atoms with Crippen molar-refractivity contribution in [3.05, 3.63) is 64.8 Å². The molecule has 1 saturated heterocycles. The van der Waals surface area contributed by atoms with E-state index in [9.17, 15) is 9.59 Å². The second-order valence-corrected chi connectivity index (χ2v) is 7.00. The minimum absolute atomic E-state index is 0.0583. The Bertz CT molecular complexity index is 1000. The molecule has 1 fully saturated rings. The number of halogens is 1. The second kappa shape index (κ2) is 7.40. The molecule has 1 aromatic heterocycles. The van der Waals surface area contributed by atoms with Crippen molar-refractivity contribution in [2.75, 3.05) is 26.2 Å². The van der Waals surface area contributed by atoms with E-state index in [-0.39, 0.29) is 11.8 Å². The van der Waals surface area contributed by atoms with Crippen LogP contribution >= 0.6 is 11.6 Å². The average molecular weight is 383 g/mol. The summed E-state index contributed by atoms with van der Waals surface area (Å²) in [6.07, 6.45) is 0.723. The molecule has 0 atom stereocenters. The van der Waals surface area contributed by atoms with Gasteiger partial charge in [-0.2, -0.15) is 5.10 Å². The third-order valence-corrected chi connectivity index (χ3v) is 5.05. The Labute approximate surface area is 161 Å². The number of hydrogen-bond acceptors (Lipinski definition) is 3. The van der Waals surface area contributed by atoms with E-state index in [1.54, 1.807) is 34.1 Å². The Kier molecular flexibility index (Phi) is 4.81. The zero-order valence-electron chi connectivity index (χ0n) is 14.7. The highest BCUT2D eigenvalue weighted by Crippen LogP contribution is 2.19. The topological polar surface area (TPSA) is 69.3 Å². The van der Waals surface area contributed by atoms with Crippen LogP contribution in [0.1, 0.15) is 27.3 Å². The summed E-state index contributed by atoms with van der Waals surface area (Å²) in [4.78, 5) is 29.2. The predicted octanol–water partition coefficient (Wildman–Crippen LogP) is 3.20. The number of carbonyl (C=O) groups is 2. The van der Waals surface area contributed by atoms with Gasteiger partial charge in [0.15, 0.2) is 5.69 Å². The van der Waals surface area contributed by atoms with Gasteiger partial charge in [-0.05, 0) is 30.7 Å². The lowest BCUT2D eigenvalue weighted by molar-refractivity contribution is 0.0716. The number of nitrogens with one attached hydrogen (secondary N) is 1. The van der Waals surface area contributed by atoms with Crippen LogP contribution in [0.5, 0.6) is 0 Å². The number of para-hydroxylation sites is 1. The van der Waals surface area contributed by atoms with Gasteiger partial charge in [0.05, 0.1) is 5.52 Å². The number of aromatic nitrogens is 2. The van der Waals surface area contributed by atoms with Gasteiger partial charge >= 0.3 is 0 Å². The quantitative estimate of drug-likeness (QED) is 0.740. The van der Waals surface area contributed by atoms with Gasteiger partial charge in [-0.1, -0.05) is 35.9 Å². The number of benzene rings is 2. The molecule has 2 heterocycles. The molecule has 0 radical (unpaired) electrons. The Hall–Kier alpha value is -2.86. The van der Waals surface area contributed by atoms with Crippen molar-refractivity contribution in [1.82, 2.24) is 20.0 Å². The van der Waals surface area contributed by atoms with E-state index in [0.29, 0.717) is 42.5 Å². The standard InChI is InChI=1S/C20H19ClN4O2/c21-15-6-3-5-14(13-15)19(26)24-9-4-10-25(12-11-24)20(27)18-16-7-1-2-8-17(16)22-23-18/h1-3,5-8,13H,4,9-12H2,(H,22,23). The van der Waals surface area contributed by atoms with Crippen molar-refractivity contribution in [2.24, 2.45) is 0 Å². The van der Waals surface area contributed by atoms with Crippen LogP contribution in [-0.2, 0) is 0 Å². The number of aromatic amines is 1. The summed E-state index contributed by atoms with van der Waals surface area (Å²) in [5.74, 6) is -0.165. The highest BCUT2D eigenvalue weighted by atomic mass is 35.5. The molecule has 2 aromatic carbocycles. The van der Waals surface area contributed by atoms with Gasteiger partial charge in [0, 0.05) is 42.2 Å². The van der Waals surface area contributed by atoms with Crippen LogP contribution in [0.15, 0.2) is 48.5 Å². The molecule has 1 aliphatic rings. The minimum Gasteiger partial charge on any atom is -0.337 e. The molecule has 0 saturated carbocycles. The van der Waals surface area contributed by atoms with Crippen LogP contribution in [0.25, 0.3) is 10.9 Å². The SMILES string of the molecule is O=C(c1cccc(Cl)c1)N1CCCN(C(=O)c2n[nH]c3ccccc23)CC1. The smallest absolute Gasteiger partial charge is 0.275 e. The maximum atomic E-state index is 12.9. The molecule has 7 heteroatoms. The molecule has 0 bridgehead atoms. The number of amides is 2. The predicted molar refractivity (Wildman–Crippen MR) is 104 cm³/mol. The minimum atomic E-state index is -0.107. The van der Waals surface area contributed by atoms with Crippen molar-refractivity contribution in [1.29, 1.82) is 0 Å². The third kappa shape index (κ3) is 3.53. The van der Waals surface area contributed by atoms with E-state index in [2.05, 4.69) is 10.2 Å². The van der Waals surface area contributed by atoms with Gasteiger partial charge in [-0.25, -0.2) is 0 Å². The fraction of sp³-hybridized carbons (Fsp3) is 0.250. The first kappa shape index (κ1) is 17.5. The largest absolute Gasteiger partial charge is 0.337 e. The summed E-state index contributed by atoms with van der Waals surface area (Å²) >= 11 is 6.00. The zero-order chi connectivity index (χ0) is 18.8. The summed E-state index contributed by atoms with van der Waals surface area (Å²) in [5, 5.41) is 8.46. The lowest BCUT2D eigenvalue weighted by atomic mass is 10.2.